The van der Waals surface area contributed by atoms with Gasteiger partial charge < -0.3 is 10.2 Å². The molecule has 2 rings (SSSR count). The molecule has 122 valence electrons. The first-order valence-corrected chi connectivity index (χ1v) is 8.98. The van der Waals surface area contributed by atoms with E-state index in [9.17, 15) is 13.2 Å². The minimum atomic E-state index is -3.44. The fraction of sp³-hybridized carbons (Fsp3) is 0.533. The highest BCUT2D eigenvalue weighted by atomic mass is 32.2. The number of amides is 2. The summed E-state index contributed by atoms with van der Waals surface area (Å²) in [6.45, 7) is 5.07. The molecule has 1 fully saturated rings. The molecule has 0 saturated heterocycles. The number of urea groups is 1. The van der Waals surface area contributed by atoms with Gasteiger partial charge in [-0.1, -0.05) is 0 Å². The van der Waals surface area contributed by atoms with Crippen LogP contribution in [-0.2, 0) is 10.0 Å². The Kier molecular flexibility index (Phi) is 5.08. The molecule has 0 unspecified atom stereocenters. The van der Waals surface area contributed by atoms with Crippen molar-refractivity contribution in [2.24, 2.45) is 0 Å². The largest absolute Gasteiger partial charge is 0.325 e. The molecule has 1 aromatic carbocycles. The van der Waals surface area contributed by atoms with E-state index < -0.39 is 10.0 Å². The van der Waals surface area contributed by atoms with Crippen molar-refractivity contribution in [1.82, 2.24) is 9.21 Å². The van der Waals surface area contributed by atoms with Crippen LogP contribution < -0.4 is 5.32 Å². The maximum atomic E-state index is 12.4. The van der Waals surface area contributed by atoms with Gasteiger partial charge in [-0.15, -0.1) is 0 Å². The van der Waals surface area contributed by atoms with Crippen molar-refractivity contribution in [1.29, 1.82) is 0 Å². The predicted octanol–water partition coefficient (Wildman–Crippen LogP) is 2.34. The Morgan fingerprint density at radius 3 is 2.18 bits per heavy atom. The Morgan fingerprint density at radius 2 is 1.73 bits per heavy atom. The van der Waals surface area contributed by atoms with Gasteiger partial charge in [0.2, 0.25) is 10.0 Å². The van der Waals surface area contributed by atoms with Crippen LogP contribution in [0.25, 0.3) is 0 Å². The van der Waals surface area contributed by atoms with Gasteiger partial charge in [0.15, 0.2) is 0 Å². The Bertz CT molecular complexity index is 620. The van der Waals surface area contributed by atoms with Crippen molar-refractivity contribution in [3.63, 3.8) is 0 Å². The number of nitrogens with one attached hydrogen (secondary N) is 1. The molecule has 6 nitrogen and oxygen atoms in total. The molecule has 0 aliphatic heterocycles. The number of carbonyl (C=O) groups is 1. The van der Waals surface area contributed by atoms with E-state index >= 15 is 0 Å². The fourth-order valence-electron chi connectivity index (χ4n) is 2.22. The number of benzene rings is 1. The van der Waals surface area contributed by atoms with Crippen molar-refractivity contribution in [2.75, 3.05) is 25.5 Å². The molecule has 1 saturated carbocycles. The first-order valence-electron chi connectivity index (χ1n) is 7.54. The molecule has 0 aromatic heterocycles. The molecule has 2 amide bonds. The SMILES string of the molecule is CCN(CC)C(=O)Nc1ccc(S(=O)(=O)N(C)C2CC2)cc1. The third-order valence-corrected chi connectivity index (χ3v) is 5.82. The summed E-state index contributed by atoms with van der Waals surface area (Å²) in [5.74, 6) is 0. The third-order valence-electron chi connectivity index (χ3n) is 3.89. The number of sulfonamides is 1. The molecule has 0 heterocycles. The van der Waals surface area contributed by atoms with Gasteiger partial charge in [-0.05, 0) is 51.0 Å². The van der Waals surface area contributed by atoms with E-state index in [1.54, 1.807) is 24.1 Å². The molecule has 1 N–H and O–H groups in total. The standard InChI is InChI=1S/C15H23N3O3S/c1-4-18(5-2)15(19)16-12-6-10-14(11-7-12)22(20,21)17(3)13-8-9-13/h6-7,10-11,13H,4-5,8-9H2,1-3H3,(H,16,19). The lowest BCUT2D eigenvalue weighted by Crippen LogP contribution is -2.34. The molecular weight excluding hydrogens is 302 g/mol. The lowest BCUT2D eigenvalue weighted by atomic mass is 10.3. The molecule has 1 aromatic rings. The maximum absolute atomic E-state index is 12.4. The molecule has 7 heteroatoms. The Morgan fingerprint density at radius 1 is 1.18 bits per heavy atom. The summed E-state index contributed by atoms with van der Waals surface area (Å²) in [6, 6.07) is 6.25. The van der Waals surface area contributed by atoms with Crippen LogP contribution in [0.3, 0.4) is 0 Å². The van der Waals surface area contributed by atoms with Crippen molar-refractivity contribution < 1.29 is 13.2 Å². The highest BCUT2D eigenvalue weighted by molar-refractivity contribution is 7.89. The van der Waals surface area contributed by atoms with Gasteiger partial charge in [-0.3, -0.25) is 0 Å². The lowest BCUT2D eigenvalue weighted by Gasteiger charge is -2.19. The molecule has 1 aliphatic rings. The van der Waals surface area contributed by atoms with E-state index in [-0.39, 0.29) is 17.0 Å². The van der Waals surface area contributed by atoms with Crippen LogP contribution in [0.5, 0.6) is 0 Å². The smallest absolute Gasteiger partial charge is 0.321 e. The zero-order chi connectivity index (χ0) is 16.3. The van der Waals surface area contributed by atoms with Crippen LogP contribution in [-0.4, -0.2) is 49.8 Å². The van der Waals surface area contributed by atoms with E-state index in [0.29, 0.717) is 18.8 Å². The first kappa shape index (κ1) is 16.8. The van der Waals surface area contributed by atoms with Gasteiger partial charge in [0.1, 0.15) is 0 Å². The number of rotatable bonds is 6. The molecule has 1 aliphatic carbocycles. The van der Waals surface area contributed by atoms with Gasteiger partial charge >= 0.3 is 6.03 Å². The Hall–Kier alpha value is -1.60. The highest BCUT2D eigenvalue weighted by Gasteiger charge is 2.34. The average Bonchev–Trinajstić information content (AvgIpc) is 3.33. The first-order chi connectivity index (χ1) is 10.4. The number of carbonyl (C=O) groups excluding carboxylic acids is 1. The summed E-state index contributed by atoms with van der Waals surface area (Å²) >= 11 is 0. The Labute approximate surface area is 132 Å². The van der Waals surface area contributed by atoms with E-state index in [1.165, 1.54) is 16.4 Å². The van der Waals surface area contributed by atoms with E-state index in [0.717, 1.165) is 12.8 Å². The Balaban J connectivity index is 2.08. The summed E-state index contributed by atoms with van der Waals surface area (Å²) in [7, 11) is -1.82. The monoisotopic (exact) mass is 325 g/mol. The van der Waals surface area contributed by atoms with Crippen molar-refractivity contribution >= 4 is 21.7 Å². The summed E-state index contributed by atoms with van der Waals surface area (Å²) in [5, 5.41) is 2.77. The van der Waals surface area contributed by atoms with Crippen LogP contribution in [0.2, 0.25) is 0 Å². The van der Waals surface area contributed by atoms with E-state index in [2.05, 4.69) is 5.32 Å². The van der Waals surface area contributed by atoms with Crippen LogP contribution in [0.1, 0.15) is 26.7 Å². The van der Waals surface area contributed by atoms with Gasteiger partial charge in [0.25, 0.3) is 0 Å². The van der Waals surface area contributed by atoms with Crippen LogP contribution in [0, 0.1) is 0 Å². The van der Waals surface area contributed by atoms with Crippen molar-refractivity contribution in [3.05, 3.63) is 24.3 Å². The number of anilines is 1. The normalized spacial score (nSPS) is 14.9. The molecule has 0 atom stereocenters. The predicted molar refractivity (Wildman–Crippen MR) is 86.4 cm³/mol. The molecular formula is C15H23N3O3S. The zero-order valence-electron chi connectivity index (χ0n) is 13.2. The summed E-state index contributed by atoms with van der Waals surface area (Å²) < 4.78 is 26.2. The van der Waals surface area contributed by atoms with Crippen molar-refractivity contribution in [3.8, 4) is 0 Å². The molecule has 0 spiro atoms. The van der Waals surface area contributed by atoms with Gasteiger partial charge in [0, 0.05) is 31.9 Å². The van der Waals surface area contributed by atoms with Crippen molar-refractivity contribution in [2.45, 2.75) is 37.6 Å². The summed E-state index contributed by atoms with van der Waals surface area (Å²) in [5.41, 5.74) is 0.588. The maximum Gasteiger partial charge on any atom is 0.321 e. The second-order valence-electron chi connectivity index (χ2n) is 5.38. The zero-order valence-corrected chi connectivity index (χ0v) is 14.1. The van der Waals surface area contributed by atoms with E-state index in [4.69, 9.17) is 0 Å². The molecule has 0 bridgehead atoms. The minimum absolute atomic E-state index is 0.132. The minimum Gasteiger partial charge on any atom is -0.325 e. The fourth-order valence-corrected chi connectivity index (χ4v) is 3.64. The summed E-state index contributed by atoms with van der Waals surface area (Å²) in [4.78, 5) is 13.9. The van der Waals surface area contributed by atoms with Gasteiger partial charge in [-0.25, -0.2) is 13.2 Å². The number of hydrogen-bond donors (Lipinski definition) is 1. The second-order valence-corrected chi connectivity index (χ2v) is 7.38. The topological polar surface area (TPSA) is 69.7 Å². The number of nitrogens with zero attached hydrogens (tertiary/aromatic N) is 2. The molecule has 0 radical (unpaired) electrons. The van der Waals surface area contributed by atoms with E-state index in [1.807, 2.05) is 13.8 Å². The van der Waals surface area contributed by atoms with Crippen LogP contribution in [0.15, 0.2) is 29.2 Å². The quantitative estimate of drug-likeness (QED) is 0.873. The lowest BCUT2D eigenvalue weighted by molar-refractivity contribution is 0.217. The van der Waals surface area contributed by atoms with Gasteiger partial charge in [0.05, 0.1) is 4.90 Å². The third kappa shape index (κ3) is 3.59. The molecule has 22 heavy (non-hydrogen) atoms. The second kappa shape index (κ2) is 6.66. The average molecular weight is 325 g/mol. The van der Waals surface area contributed by atoms with Crippen LogP contribution in [0.4, 0.5) is 10.5 Å². The highest BCUT2D eigenvalue weighted by Crippen LogP contribution is 2.30. The summed E-state index contributed by atoms with van der Waals surface area (Å²) in [6.07, 6.45) is 1.85. The number of hydrogen-bond acceptors (Lipinski definition) is 3. The van der Waals surface area contributed by atoms with Gasteiger partial charge in [-0.2, -0.15) is 4.31 Å². The van der Waals surface area contributed by atoms with Crippen LogP contribution >= 0.6 is 0 Å².